The number of nitrogens with one attached hydrogen (secondary N) is 3. The van der Waals surface area contributed by atoms with E-state index in [0.29, 0.717) is 18.7 Å². The van der Waals surface area contributed by atoms with Gasteiger partial charge in [0.15, 0.2) is 5.96 Å². The van der Waals surface area contributed by atoms with Crippen molar-refractivity contribution in [3.8, 4) is 5.75 Å². The van der Waals surface area contributed by atoms with Crippen molar-refractivity contribution in [3.63, 3.8) is 0 Å². The Kier molecular flexibility index (Phi) is 7.50. The van der Waals surface area contributed by atoms with E-state index in [2.05, 4.69) is 27.0 Å². The summed E-state index contributed by atoms with van der Waals surface area (Å²) >= 11 is 0. The van der Waals surface area contributed by atoms with Gasteiger partial charge >= 0.3 is 0 Å². The van der Waals surface area contributed by atoms with E-state index in [1.807, 2.05) is 49.4 Å². The highest BCUT2D eigenvalue weighted by atomic mass is 16.5. The van der Waals surface area contributed by atoms with Gasteiger partial charge in [-0.25, -0.2) is 4.99 Å². The molecule has 6 heteroatoms. The van der Waals surface area contributed by atoms with Crippen LogP contribution in [-0.2, 0) is 13.1 Å². The predicted molar refractivity (Wildman–Crippen MR) is 116 cm³/mol. The molecule has 29 heavy (non-hydrogen) atoms. The molecule has 0 spiro atoms. The standard InChI is InChI=1S/C23H30N4O2/c1-3-25-23(26-14-17-10-12-19(13-11-17)22(28)24-2)27-15-20-6-4-5-7-21(20)29-16-18-8-9-18/h4-7,10-13,18H,3,8-9,14-16H2,1-2H3,(H,24,28)(H2,25,26,27). The Labute approximate surface area is 172 Å². The molecule has 1 fully saturated rings. The fraction of sp³-hybridized carbons (Fsp3) is 0.391. The molecule has 0 aromatic heterocycles. The number of amides is 1. The molecule has 0 heterocycles. The summed E-state index contributed by atoms with van der Waals surface area (Å²) in [4.78, 5) is 16.3. The van der Waals surface area contributed by atoms with Crippen molar-refractivity contribution < 1.29 is 9.53 Å². The zero-order valence-electron chi connectivity index (χ0n) is 17.2. The van der Waals surface area contributed by atoms with Crippen LogP contribution < -0.4 is 20.7 Å². The molecule has 154 valence electrons. The fourth-order valence-corrected chi connectivity index (χ4v) is 2.88. The highest BCUT2D eigenvalue weighted by Gasteiger charge is 2.22. The summed E-state index contributed by atoms with van der Waals surface area (Å²) in [5.41, 5.74) is 2.81. The lowest BCUT2D eigenvalue weighted by atomic mass is 10.1. The smallest absolute Gasteiger partial charge is 0.251 e. The molecule has 1 aliphatic rings. The van der Waals surface area contributed by atoms with Gasteiger partial charge in [0, 0.05) is 31.3 Å². The Morgan fingerprint density at radius 1 is 1.10 bits per heavy atom. The average Bonchev–Trinajstić information content (AvgIpc) is 3.59. The number of benzene rings is 2. The van der Waals surface area contributed by atoms with E-state index in [0.717, 1.165) is 41.9 Å². The minimum Gasteiger partial charge on any atom is -0.493 e. The second-order valence-electron chi connectivity index (χ2n) is 7.19. The second-order valence-corrected chi connectivity index (χ2v) is 7.19. The van der Waals surface area contributed by atoms with Gasteiger partial charge in [-0.05, 0) is 49.4 Å². The number of rotatable bonds is 9. The van der Waals surface area contributed by atoms with Crippen LogP contribution in [0.2, 0.25) is 0 Å². The molecular weight excluding hydrogens is 364 g/mol. The third-order valence-electron chi connectivity index (χ3n) is 4.80. The maximum atomic E-state index is 11.6. The van der Waals surface area contributed by atoms with E-state index in [1.54, 1.807) is 7.05 Å². The summed E-state index contributed by atoms with van der Waals surface area (Å²) in [5.74, 6) is 2.33. The zero-order valence-corrected chi connectivity index (χ0v) is 17.2. The number of carbonyl (C=O) groups is 1. The Morgan fingerprint density at radius 2 is 1.86 bits per heavy atom. The zero-order chi connectivity index (χ0) is 20.5. The lowest BCUT2D eigenvalue weighted by Crippen LogP contribution is -2.36. The molecule has 0 unspecified atom stereocenters. The molecule has 1 aliphatic carbocycles. The first kappa shape index (κ1) is 20.7. The van der Waals surface area contributed by atoms with Crippen LogP contribution in [0.1, 0.15) is 41.3 Å². The first-order chi connectivity index (χ1) is 14.2. The van der Waals surface area contributed by atoms with Crippen molar-refractivity contribution in [3.05, 3.63) is 65.2 Å². The molecule has 2 aromatic rings. The van der Waals surface area contributed by atoms with E-state index in [9.17, 15) is 4.79 Å². The lowest BCUT2D eigenvalue weighted by Gasteiger charge is -2.14. The van der Waals surface area contributed by atoms with E-state index < -0.39 is 0 Å². The molecule has 1 saturated carbocycles. The van der Waals surface area contributed by atoms with Crippen molar-refractivity contribution in [1.82, 2.24) is 16.0 Å². The van der Waals surface area contributed by atoms with Crippen LogP contribution in [0.3, 0.4) is 0 Å². The monoisotopic (exact) mass is 394 g/mol. The van der Waals surface area contributed by atoms with E-state index in [4.69, 9.17) is 4.74 Å². The van der Waals surface area contributed by atoms with Crippen LogP contribution in [0.15, 0.2) is 53.5 Å². The van der Waals surface area contributed by atoms with Gasteiger partial charge in [-0.3, -0.25) is 4.79 Å². The molecule has 3 N–H and O–H groups in total. The summed E-state index contributed by atoms with van der Waals surface area (Å²) in [5, 5.41) is 9.29. The quantitative estimate of drug-likeness (QED) is 0.451. The van der Waals surface area contributed by atoms with E-state index >= 15 is 0 Å². The van der Waals surface area contributed by atoms with Gasteiger partial charge < -0.3 is 20.7 Å². The van der Waals surface area contributed by atoms with Crippen LogP contribution in [0.4, 0.5) is 0 Å². The molecule has 0 bridgehead atoms. The largest absolute Gasteiger partial charge is 0.493 e. The average molecular weight is 395 g/mol. The SMILES string of the molecule is CCNC(=NCc1ccc(C(=O)NC)cc1)NCc1ccccc1OCC1CC1. The Balaban J connectivity index is 1.59. The van der Waals surface area contributed by atoms with Crippen molar-refractivity contribution in [2.45, 2.75) is 32.9 Å². The van der Waals surface area contributed by atoms with E-state index in [-0.39, 0.29) is 5.91 Å². The first-order valence-electron chi connectivity index (χ1n) is 10.2. The minimum absolute atomic E-state index is 0.0855. The molecule has 0 saturated heterocycles. The Hall–Kier alpha value is -3.02. The summed E-state index contributed by atoms with van der Waals surface area (Å²) in [6, 6.07) is 15.6. The van der Waals surface area contributed by atoms with Gasteiger partial charge in [-0.1, -0.05) is 30.3 Å². The summed E-state index contributed by atoms with van der Waals surface area (Å²) < 4.78 is 5.99. The van der Waals surface area contributed by atoms with Gasteiger partial charge in [-0.15, -0.1) is 0 Å². The number of carbonyl (C=O) groups excluding carboxylic acids is 1. The van der Waals surface area contributed by atoms with Gasteiger partial charge in [0.05, 0.1) is 13.2 Å². The van der Waals surface area contributed by atoms with Crippen molar-refractivity contribution in [2.75, 3.05) is 20.2 Å². The number of ether oxygens (including phenoxy) is 1. The number of hydrogen-bond donors (Lipinski definition) is 3. The first-order valence-corrected chi connectivity index (χ1v) is 10.2. The molecule has 2 aromatic carbocycles. The molecular formula is C23H30N4O2. The molecule has 0 radical (unpaired) electrons. The maximum absolute atomic E-state index is 11.6. The van der Waals surface area contributed by atoms with Crippen LogP contribution in [-0.4, -0.2) is 32.1 Å². The van der Waals surface area contributed by atoms with Crippen LogP contribution >= 0.6 is 0 Å². The Morgan fingerprint density at radius 3 is 2.55 bits per heavy atom. The predicted octanol–water partition coefficient (Wildman–Crippen LogP) is 3.09. The van der Waals surface area contributed by atoms with Gasteiger partial charge in [0.1, 0.15) is 5.75 Å². The third-order valence-corrected chi connectivity index (χ3v) is 4.80. The van der Waals surface area contributed by atoms with E-state index in [1.165, 1.54) is 12.8 Å². The van der Waals surface area contributed by atoms with Crippen LogP contribution in [0.5, 0.6) is 5.75 Å². The van der Waals surface area contributed by atoms with Crippen molar-refractivity contribution in [2.24, 2.45) is 10.9 Å². The number of aliphatic imine (C=N–C) groups is 1. The Bertz CT molecular complexity index is 829. The third kappa shape index (κ3) is 6.52. The molecule has 0 atom stereocenters. The number of para-hydroxylation sites is 1. The van der Waals surface area contributed by atoms with Crippen molar-refractivity contribution >= 4 is 11.9 Å². The fourth-order valence-electron chi connectivity index (χ4n) is 2.88. The summed E-state index contributed by atoms with van der Waals surface area (Å²) in [6.45, 7) is 4.80. The lowest BCUT2D eigenvalue weighted by molar-refractivity contribution is 0.0963. The maximum Gasteiger partial charge on any atom is 0.251 e. The van der Waals surface area contributed by atoms with Crippen LogP contribution in [0.25, 0.3) is 0 Å². The summed E-state index contributed by atoms with van der Waals surface area (Å²) in [6.07, 6.45) is 2.56. The number of hydrogen-bond acceptors (Lipinski definition) is 3. The highest BCUT2D eigenvalue weighted by molar-refractivity contribution is 5.93. The van der Waals surface area contributed by atoms with Gasteiger partial charge in [0.25, 0.3) is 5.91 Å². The van der Waals surface area contributed by atoms with Gasteiger partial charge in [-0.2, -0.15) is 0 Å². The second kappa shape index (κ2) is 10.5. The topological polar surface area (TPSA) is 74.8 Å². The minimum atomic E-state index is -0.0855. The van der Waals surface area contributed by atoms with Crippen molar-refractivity contribution in [1.29, 1.82) is 0 Å². The molecule has 0 aliphatic heterocycles. The molecule has 3 rings (SSSR count). The molecule has 1 amide bonds. The number of guanidine groups is 1. The normalized spacial score (nSPS) is 13.7. The summed E-state index contributed by atoms with van der Waals surface area (Å²) in [7, 11) is 1.63. The molecule has 6 nitrogen and oxygen atoms in total. The van der Waals surface area contributed by atoms with Gasteiger partial charge in [0.2, 0.25) is 0 Å². The van der Waals surface area contributed by atoms with Crippen LogP contribution in [0, 0.1) is 5.92 Å². The number of nitrogens with zero attached hydrogens (tertiary/aromatic N) is 1. The highest BCUT2D eigenvalue weighted by Crippen LogP contribution is 2.30.